The van der Waals surface area contributed by atoms with Crippen LogP contribution in [0.25, 0.3) is 0 Å². The number of ether oxygens (including phenoxy) is 2. The number of esters is 2. The van der Waals surface area contributed by atoms with Gasteiger partial charge in [-0.1, -0.05) is 59.3 Å². The van der Waals surface area contributed by atoms with Gasteiger partial charge < -0.3 is 19.9 Å². The summed E-state index contributed by atoms with van der Waals surface area (Å²) in [4.78, 5) is 36.4. The predicted molar refractivity (Wildman–Crippen MR) is 145 cm³/mol. The summed E-state index contributed by atoms with van der Waals surface area (Å²) in [5, 5.41) is 13.4. The minimum atomic E-state index is -5.20. The number of unbranched alkanes of at least 4 members (excludes halogenated alkanes) is 1. The van der Waals surface area contributed by atoms with E-state index in [1.807, 2.05) is 20.8 Å². The van der Waals surface area contributed by atoms with Crippen LogP contribution in [0.2, 0.25) is 0 Å². The van der Waals surface area contributed by atoms with Gasteiger partial charge in [-0.25, -0.2) is 4.79 Å². The molecule has 8 atom stereocenters. The van der Waals surface area contributed by atoms with Gasteiger partial charge in [0.1, 0.15) is 12.2 Å². The summed E-state index contributed by atoms with van der Waals surface area (Å²) in [6, 6.07) is 0. The number of nitrogens with one attached hydrogen (secondary N) is 1. The van der Waals surface area contributed by atoms with Crippen molar-refractivity contribution in [3.63, 3.8) is 0 Å². The number of halogens is 3. The van der Waals surface area contributed by atoms with Crippen molar-refractivity contribution < 1.29 is 42.1 Å². The number of carbonyl (C=O) groups excluding carboxylic acids is 3. The summed E-state index contributed by atoms with van der Waals surface area (Å²) in [5.41, 5.74) is 1.10. The number of fused-ring (bicyclic) bond motifs is 1. The highest BCUT2D eigenvalue weighted by Crippen LogP contribution is 2.45. The maximum absolute atomic E-state index is 12.9. The van der Waals surface area contributed by atoms with Crippen LogP contribution < -0.4 is 5.32 Å². The largest absolute Gasteiger partial charge is 0.490 e. The second-order valence-corrected chi connectivity index (χ2v) is 11.5. The maximum atomic E-state index is 12.9. The number of rotatable bonds is 14. The molecule has 2 N–H and O–H groups in total. The molecule has 0 heterocycles. The van der Waals surface area contributed by atoms with Crippen LogP contribution in [0, 0.1) is 29.6 Å². The van der Waals surface area contributed by atoms with Crippen molar-refractivity contribution in [1.29, 1.82) is 0 Å². The molecule has 228 valence electrons. The number of amides is 1. The Hall–Kier alpha value is -2.36. The van der Waals surface area contributed by atoms with Gasteiger partial charge in [-0.15, -0.1) is 0 Å². The SMILES string of the molecule is CCCCNC(=O)CC(CC(O)CCC1C(C)C=CC2=CC(C)CC(OC(=O)C(C)CC)C21)OC(=O)C(F)(F)F. The fraction of sp³-hybridized carbons (Fsp3) is 0.767. The van der Waals surface area contributed by atoms with Gasteiger partial charge in [0.2, 0.25) is 5.91 Å². The molecule has 7 nitrogen and oxygen atoms in total. The summed E-state index contributed by atoms with van der Waals surface area (Å²) in [7, 11) is 0. The van der Waals surface area contributed by atoms with Crippen LogP contribution >= 0.6 is 0 Å². The van der Waals surface area contributed by atoms with Crippen molar-refractivity contribution in [3.8, 4) is 0 Å². The van der Waals surface area contributed by atoms with Crippen LogP contribution in [0.5, 0.6) is 0 Å². The van der Waals surface area contributed by atoms with Gasteiger partial charge in [0.25, 0.3) is 0 Å². The Balaban J connectivity index is 2.11. The number of allylic oxidation sites excluding steroid dienone is 3. The Morgan fingerprint density at radius 2 is 1.90 bits per heavy atom. The molecule has 0 spiro atoms. The van der Waals surface area contributed by atoms with E-state index in [4.69, 9.17) is 4.74 Å². The predicted octanol–water partition coefficient (Wildman–Crippen LogP) is 5.66. The lowest BCUT2D eigenvalue weighted by molar-refractivity contribution is -0.206. The molecule has 0 aromatic carbocycles. The third-order valence-electron chi connectivity index (χ3n) is 8.02. The summed E-state index contributed by atoms with van der Waals surface area (Å²) in [6.45, 7) is 10.2. The molecule has 0 aromatic rings. The second-order valence-electron chi connectivity index (χ2n) is 11.5. The molecule has 8 unspecified atom stereocenters. The monoisotopic (exact) mass is 573 g/mol. The second kappa shape index (κ2) is 15.6. The van der Waals surface area contributed by atoms with Crippen molar-refractivity contribution in [1.82, 2.24) is 5.32 Å². The number of carbonyl (C=O) groups is 3. The zero-order chi connectivity index (χ0) is 30.0. The number of hydrogen-bond donors (Lipinski definition) is 2. The molecule has 0 saturated heterocycles. The molecule has 0 bridgehead atoms. The van der Waals surface area contributed by atoms with Crippen LogP contribution in [0.3, 0.4) is 0 Å². The average molecular weight is 574 g/mol. The van der Waals surface area contributed by atoms with Gasteiger partial charge >= 0.3 is 18.1 Å². The lowest BCUT2D eigenvalue weighted by atomic mass is 9.65. The zero-order valence-corrected chi connectivity index (χ0v) is 24.3. The van der Waals surface area contributed by atoms with Crippen molar-refractivity contribution in [3.05, 3.63) is 23.8 Å². The number of aliphatic hydroxyl groups excluding tert-OH is 1. The van der Waals surface area contributed by atoms with E-state index in [9.17, 15) is 32.7 Å². The van der Waals surface area contributed by atoms with Gasteiger partial charge in [-0.05, 0) is 55.4 Å². The van der Waals surface area contributed by atoms with Gasteiger partial charge in [0, 0.05) is 18.9 Å². The van der Waals surface area contributed by atoms with E-state index in [0.717, 1.165) is 12.0 Å². The number of hydrogen-bond acceptors (Lipinski definition) is 6. The first-order valence-corrected chi connectivity index (χ1v) is 14.6. The fourth-order valence-corrected chi connectivity index (χ4v) is 5.53. The first kappa shape index (κ1) is 33.8. The molecule has 10 heteroatoms. The molecule has 0 fully saturated rings. The van der Waals surface area contributed by atoms with Crippen LogP contribution in [0.1, 0.15) is 86.0 Å². The highest BCUT2D eigenvalue weighted by molar-refractivity contribution is 5.78. The third-order valence-corrected chi connectivity index (χ3v) is 8.02. The summed E-state index contributed by atoms with van der Waals surface area (Å²) >= 11 is 0. The van der Waals surface area contributed by atoms with Gasteiger partial charge in [-0.3, -0.25) is 9.59 Å². The molecule has 1 amide bonds. The topological polar surface area (TPSA) is 102 Å². The first-order chi connectivity index (χ1) is 18.8. The Bertz CT molecular complexity index is 918. The number of alkyl halides is 3. The minimum Gasteiger partial charge on any atom is -0.461 e. The standard InChI is InChI=1S/C30H46F3NO6/c1-6-8-13-34-26(36)17-23(39-29(38)30(31,32)33)16-22(35)11-12-24-20(5)9-10-21-14-18(3)15-25(27(21)24)40-28(37)19(4)7-2/h9-10,14,18-20,22-25,27,35H,6-8,11-13,15-17H2,1-5H3,(H,34,36). The van der Waals surface area contributed by atoms with E-state index in [0.29, 0.717) is 32.2 Å². The Morgan fingerprint density at radius 1 is 1.20 bits per heavy atom. The van der Waals surface area contributed by atoms with Gasteiger partial charge in [0.05, 0.1) is 18.4 Å². The maximum Gasteiger partial charge on any atom is 0.490 e. The lowest BCUT2D eigenvalue weighted by Crippen LogP contribution is -2.42. The first-order valence-electron chi connectivity index (χ1n) is 14.6. The molecule has 0 radical (unpaired) electrons. The Kier molecular flexibility index (Phi) is 13.2. The quantitative estimate of drug-likeness (QED) is 0.205. The van der Waals surface area contributed by atoms with Crippen LogP contribution in [-0.4, -0.2) is 54.0 Å². The normalized spacial score (nSPS) is 26.6. The fourth-order valence-electron chi connectivity index (χ4n) is 5.53. The molecular weight excluding hydrogens is 527 g/mol. The van der Waals surface area contributed by atoms with E-state index in [2.05, 4.69) is 42.1 Å². The Labute approximate surface area is 235 Å². The zero-order valence-electron chi connectivity index (χ0n) is 24.3. The van der Waals surface area contributed by atoms with Crippen LogP contribution in [0.15, 0.2) is 23.8 Å². The summed E-state index contributed by atoms with van der Waals surface area (Å²) in [5.74, 6) is -3.03. The van der Waals surface area contributed by atoms with Crippen LogP contribution in [0.4, 0.5) is 13.2 Å². The van der Waals surface area contributed by atoms with E-state index < -0.39 is 36.7 Å². The Morgan fingerprint density at radius 3 is 2.52 bits per heavy atom. The molecule has 2 rings (SSSR count). The smallest absolute Gasteiger partial charge is 0.461 e. The molecule has 40 heavy (non-hydrogen) atoms. The summed E-state index contributed by atoms with van der Waals surface area (Å²) < 4.78 is 49.2. The number of aliphatic hydroxyl groups is 1. The van der Waals surface area contributed by atoms with E-state index >= 15 is 0 Å². The van der Waals surface area contributed by atoms with Gasteiger partial charge in [-0.2, -0.15) is 13.2 Å². The molecule has 2 aliphatic carbocycles. The van der Waals surface area contributed by atoms with Crippen molar-refractivity contribution >= 4 is 17.8 Å². The highest BCUT2D eigenvalue weighted by Gasteiger charge is 2.44. The van der Waals surface area contributed by atoms with Crippen molar-refractivity contribution in [2.75, 3.05) is 6.54 Å². The lowest BCUT2D eigenvalue weighted by Gasteiger charge is -2.43. The van der Waals surface area contributed by atoms with Crippen molar-refractivity contribution in [2.24, 2.45) is 29.6 Å². The van der Waals surface area contributed by atoms with Crippen molar-refractivity contribution in [2.45, 2.75) is 110 Å². The van der Waals surface area contributed by atoms with Gasteiger partial charge in [0.15, 0.2) is 0 Å². The van der Waals surface area contributed by atoms with E-state index in [1.54, 1.807) is 0 Å². The third kappa shape index (κ3) is 10.2. The molecule has 2 aliphatic rings. The average Bonchev–Trinajstić information content (AvgIpc) is 2.87. The summed E-state index contributed by atoms with van der Waals surface area (Å²) in [6.07, 6.45) is 1.24. The van der Waals surface area contributed by atoms with E-state index in [1.165, 1.54) is 0 Å². The molecule has 0 saturated carbocycles. The highest BCUT2D eigenvalue weighted by atomic mass is 19.4. The molecular formula is C30H46F3NO6. The minimum absolute atomic E-state index is 0.0293. The van der Waals surface area contributed by atoms with Crippen LogP contribution in [-0.2, 0) is 23.9 Å². The van der Waals surface area contributed by atoms with E-state index in [-0.39, 0.29) is 54.5 Å². The molecule has 0 aliphatic heterocycles. The molecule has 0 aromatic heterocycles.